The molecule has 196 valence electrons. The van der Waals surface area contributed by atoms with Gasteiger partial charge in [0.25, 0.3) is 0 Å². The van der Waals surface area contributed by atoms with Crippen molar-refractivity contribution in [2.75, 3.05) is 39.6 Å². The first-order valence-corrected chi connectivity index (χ1v) is 12.4. The predicted octanol–water partition coefficient (Wildman–Crippen LogP) is 3.54. The second kappa shape index (κ2) is 13.2. The second-order valence-corrected chi connectivity index (χ2v) is 9.34. The quantitative estimate of drug-likeness (QED) is 0.366. The fourth-order valence-corrected chi connectivity index (χ4v) is 4.48. The smallest absolute Gasteiger partial charge is 0.312 e. The third kappa shape index (κ3) is 8.20. The molecule has 10 heteroatoms. The number of nitrogen functional groups attached to an aromatic ring is 1. The van der Waals surface area contributed by atoms with E-state index in [1.54, 1.807) is 32.4 Å². The molecule has 1 fully saturated rings. The van der Waals surface area contributed by atoms with Gasteiger partial charge in [-0.25, -0.2) is 4.79 Å². The average molecular weight is 519 g/mol. The van der Waals surface area contributed by atoms with Crippen LogP contribution in [0, 0.1) is 0 Å². The van der Waals surface area contributed by atoms with E-state index in [1.165, 1.54) is 0 Å². The number of nitrogens with zero attached hydrogens (tertiary/aromatic N) is 1. The van der Waals surface area contributed by atoms with Crippen molar-refractivity contribution in [1.29, 1.82) is 0 Å². The third-order valence-electron chi connectivity index (χ3n) is 6.24. The minimum atomic E-state index is -0.478. The number of urea groups is 1. The number of anilines is 1. The maximum Gasteiger partial charge on any atom is 0.312 e. The number of ketones is 1. The lowest BCUT2D eigenvalue weighted by molar-refractivity contribution is -0.118. The highest BCUT2D eigenvalue weighted by Gasteiger charge is 2.20. The molecular formula is C26H35ClN4O5. The van der Waals surface area contributed by atoms with Crippen molar-refractivity contribution in [2.45, 2.75) is 44.8 Å². The van der Waals surface area contributed by atoms with Gasteiger partial charge in [0.1, 0.15) is 29.6 Å². The van der Waals surface area contributed by atoms with Crippen LogP contribution in [0.1, 0.15) is 36.8 Å². The number of hydrogen-bond donors (Lipinski definition) is 3. The number of benzene rings is 2. The molecule has 0 atom stereocenters. The molecule has 3 rings (SSSR count). The van der Waals surface area contributed by atoms with E-state index < -0.39 is 6.03 Å². The van der Waals surface area contributed by atoms with E-state index in [0.29, 0.717) is 39.9 Å². The van der Waals surface area contributed by atoms with Gasteiger partial charge < -0.3 is 35.9 Å². The van der Waals surface area contributed by atoms with E-state index in [2.05, 4.69) is 10.2 Å². The molecule has 1 heterocycles. The van der Waals surface area contributed by atoms with Crippen molar-refractivity contribution in [3.8, 4) is 17.2 Å². The first kappa shape index (κ1) is 27.4. The minimum Gasteiger partial charge on any atom is -0.497 e. The summed E-state index contributed by atoms with van der Waals surface area (Å²) in [6.07, 6.45) is 3.14. The number of halogens is 1. The van der Waals surface area contributed by atoms with Crippen LogP contribution >= 0.6 is 11.6 Å². The van der Waals surface area contributed by atoms with E-state index in [1.807, 2.05) is 12.1 Å². The highest BCUT2D eigenvalue weighted by Crippen LogP contribution is 2.31. The van der Waals surface area contributed by atoms with Gasteiger partial charge in [0.2, 0.25) is 0 Å². The summed E-state index contributed by atoms with van der Waals surface area (Å²) in [6, 6.07) is 8.52. The van der Waals surface area contributed by atoms with Crippen molar-refractivity contribution < 1.29 is 23.8 Å². The molecule has 1 aliphatic heterocycles. The molecule has 36 heavy (non-hydrogen) atoms. The summed E-state index contributed by atoms with van der Waals surface area (Å²) in [6.45, 7) is 2.83. The summed E-state index contributed by atoms with van der Waals surface area (Å²) < 4.78 is 16.7. The highest BCUT2D eigenvalue weighted by atomic mass is 35.5. The van der Waals surface area contributed by atoms with Crippen molar-refractivity contribution in [1.82, 2.24) is 10.2 Å². The van der Waals surface area contributed by atoms with E-state index in [-0.39, 0.29) is 24.9 Å². The van der Waals surface area contributed by atoms with E-state index >= 15 is 0 Å². The van der Waals surface area contributed by atoms with Crippen LogP contribution in [0.3, 0.4) is 0 Å². The zero-order chi connectivity index (χ0) is 26.1. The van der Waals surface area contributed by atoms with Gasteiger partial charge in [-0.2, -0.15) is 0 Å². The summed E-state index contributed by atoms with van der Waals surface area (Å²) >= 11 is 6.25. The van der Waals surface area contributed by atoms with Crippen molar-refractivity contribution in [3.63, 3.8) is 0 Å². The fraction of sp³-hybridized carbons (Fsp3) is 0.462. The van der Waals surface area contributed by atoms with Gasteiger partial charge in [-0.05, 0) is 49.6 Å². The number of primary amides is 1. The molecule has 0 radical (unpaired) electrons. The molecule has 1 aliphatic rings. The summed E-state index contributed by atoms with van der Waals surface area (Å²) in [5.74, 6) is 1.95. The summed E-state index contributed by atoms with van der Waals surface area (Å²) in [7, 11) is 3.18. The maximum atomic E-state index is 12.8. The Kier molecular flexibility index (Phi) is 10.1. The molecule has 1 saturated heterocycles. The molecule has 0 spiro atoms. The Labute approximate surface area is 217 Å². The lowest BCUT2D eigenvalue weighted by atomic mass is 10.0. The van der Waals surface area contributed by atoms with E-state index in [0.717, 1.165) is 44.5 Å². The number of nitrogens with one attached hydrogen (secondary N) is 1. The Morgan fingerprint density at radius 2 is 1.75 bits per heavy atom. The van der Waals surface area contributed by atoms with Gasteiger partial charge in [0.05, 0.1) is 24.9 Å². The Bertz CT molecular complexity index is 1030. The second-order valence-electron chi connectivity index (χ2n) is 8.93. The van der Waals surface area contributed by atoms with E-state index in [4.69, 9.17) is 37.3 Å². The molecule has 2 amide bonds. The fourth-order valence-electron chi connectivity index (χ4n) is 4.30. The molecule has 0 aliphatic carbocycles. The number of piperidine rings is 1. The Morgan fingerprint density at radius 3 is 2.36 bits per heavy atom. The summed E-state index contributed by atoms with van der Waals surface area (Å²) in [4.78, 5) is 26.1. The SMILES string of the molecule is COc1cc(COc2cc(N)c(Cl)cc2CC(=O)CCCN2CCC(NC(N)=O)CC2)cc(OC)c1. The van der Waals surface area contributed by atoms with Gasteiger partial charge in [-0.15, -0.1) is 0 Å². The molecule has 9 nitrogen and oxygen atoms in total. The van der Waals surface area contributed by atoms with Crippen LogP contribution in [0.15, 0.2) is 30.3 Å². The normalized spacial score (nSPS) is 14.3. The molecular weight excluding hydrogens is 484 g/mol. The van der Waals surface area contributed by atoms with Crippen LogP contribution in [-0.4, -0.2) is 56.6 Å². The number of nitrogens with two attached hydrogens (primary N) is 2. The topological polar surface area (TPSA) is 129 Å². The predicted molar refractivity (Wildman–Crippen MR) is 140 cm³/mol. The summed E-state index contributed by atoms with van der Waals surface area (Å²) in [5.41, 5.74) is 13.2. The van der Waals surface area contributed by atoms with Crippen molar-refractivity contribution >= 4 is 29.1 Å². The van der Waals surface area contributed by atoms with E-state index in [9.17, 15) is 9.59 Å². The number of ether oxygens (including phenoxy) is 3. The lowest BCUT2D eigenvalue weighted by Crippen LogP contribution is -2.46. The number of likely N-dealkylation sites (tertiary alicyclic amines) is 1. The van der Waals surface area contributed by atoms with Gasteiger partial charge in [-0.1, -0.05) is 11.6 Å². The van der Waals surface area contributed by atoms with Gasteiger partial charge >= 0.3 is 6.03 Å². The largest absolute Gasteiger partial charge is 0.497 e. The Morgan fingerprint density at radius 1 is 1.08 bits per heavy atom. The monoisotopic (exact) mass is 518 g/mol. The molecule has 0 unspecified atom stereocenters. The standard InChI is InChI=1S/C26H35ClN4O5/c1-34-21-10-17(11-22(14-21)35-2)16-36-25-15-24(28)23(27)13-18(25)12-20(32)4-3-7-31-8-5-19(6-9-31)30-26(29)33/h10-11,13-15,19H,3-9,12,16,28H2,1-2H3,(H3,29,30,33). The first-order valence-electron chi connectivity index (χ1n) is 12.0. The van der Waals surface area contributed by atoms with Gasteiger partial charge in [0, 0.05) is 49.7 Å². The number of rotatable bonds is 12. The highest BCUT2D eigenvalue weighted by molar-refractivity contribution is 6.33. The minimum absolute atomic E-state index is 0.106. The average Bonchev–Trinajstić information content (AvgIpc) is 2.85. The van der Waals surface area contributed by atoms with Crippen LogP contribution in [-0.2, 0) is 17.8 Å². The van der Waals surface area contributed by atoms with Crippen molar-refractivity contribution in [3.05, 3.63) is 46.5 Å². The van der Waals surface area contributed by atoms with Crippen molar-refractivity contribution in [2.24, 2.45) is 5.73 Å². The summed E-state index contributed by atoms with van der Waals surface area (Å²) in [5, 5.41) is 3.15. The zero-order valence-electron chi connectivity index (χ0n) is 20.8. The number of hydrogen-bond acceptors (Lipinski definition) is 7. The molecule has 0 bridgehead atoms. The molecule has 0 aromatic heterocycles. The van der Waals surface area contributed by atoms with Gasteiger partial charge in [0.15, 0.2) is 0 Å². The zero-order valence-corrected chi connectivity index (χ0v) is 21.6. The Balaban J connectivity index is 1.54. The first-order chi connectivity index (χ1) is 17.3. The number of Topliss-reactive ketones (excluding diaryl/α,β-unsaturated/α-hetero) is 1. The Hall–Kier alpha value is -3.17. The molecule has 5 N–H and O–H groups in total. The number of carbonyl (C=O) groups is 2. The van der Waals surface area contributed by atoms with Crippen LogP contribution in [0.25, 0.3) is 0 Å². The van der Waals surface area contributed by atoms with Crippen LogP contribution in [0.2, 0.25) is 5.02 Å². The molecule has 0 saturated carbocycles. The molecule has 2 aromatic carbocycles. The van der Waals surface area contributed by atoms with Crippen LogP contribution < -0.4 is 31.0 Å². The maximum absolute atomic E-state index is 12.8. The van der Waals surface area contributed by atoms with Crippen LogP contribution in [0.4, 0.5) is 10.5 Å². The number of carbonyl (C=O) groups excluding carboxylic acids is 2. The third-order valence-corrected chi connectivity index (χ3v) is 6.56. The number of amides is 2. The lowest BCUT2D eigenvalue weighted by Gasteiger charge is -2.31. The van der Waals surface area contributed by atoms with Crippen LogP contribution in [0.5, 0.6) is 17.2 Å². The number of methoxy groups -OCH3 is 2. The van der Waals surface area contributed by atoms with Gasteiger partial charge in [-0.3, -0.25) is 4.79 Å². The molecule has 2 aromatic rings.